The van der Waals surface area contributed by atoms with Crippen LogP contribution in [0.15, 0.2) is 18.2 Å². The highest BCUT2D eigenvalue weighted by molar-refractivity contribution is 5.36. The zero-order valence-corrected chi connectivity index (χ0v) is 10.4. The van der Waals surface area contributed by atoms with E-state index in [0.29, 0.717) is 18.4 Å². The van der Waals surface area contributed by atoms with Gasteiger partial charge in [0.25, 0.3) is 0 Å². The molecule has 16 heavy (non-hydrogen) atoms. The van der Waals surface area contributed by atoms with Gasteiger partial charge < -0.3 is 5.11 Å². The Hall–Kier alpha value is -0.820. The quantitative estimate of drug-likeness (QED) is 0.822. The molecule has 1 aromatic carbocycles. The molecule has 0 saturated carbocycles. The average molecular weight is 218 g/mol. The van der Waals surface area contributed by atoms with Crippen LogP contribution in [-0.2, 0) is 12.8 Å². The molecule has 0 heterocycles. The van der Waals surface area contributed by atoms with E-state index in [-0.39, 0.29) is 0 Å². The molecule has 0 aliphatic heterocycles. The van der Waals surface area contributed by atoms with E-state index >= 15 is 0 Å². The predicted octanol–water partition coefficient (Wildman–Crippen LogP) is 3.30. The van der Waals surface area contributed by atoms with Crippen LogP contribution >= 0.6 is 0 Å². The highest BCUT2D eigenvalue weighted by atomic mass is 16.3. The first-order valence-corrected chi connectivity index (χ1v) is 6.45. The Morgan fingerprint density at radius 2 is 1.94 bits per heavy atom. The summed E-state index contributed by atoms with van der Waals surface area (Å²) in [6.07, 6.45) is 4.69. The van der Waals surface area contributed by atoms with Gasteiger partial charge in [-0.15, -0.1) is 0 Å². The summed E-state index contributed by atoms with van der Waals surface area (Å²) in [5.74, 6) is 1.11. The Labute approximate surface area is 98.5 Å². The zero-order valence-electron chi connectivity index (χ0n) is 10.4. The lowest BCUT2D eigenvalue weighted by molar-refractivity contribution is 0.261. The Morgan fingerprint density at radius 1 is 1.19 bits per heavy atom. The van der Waals surface area contributed by atoms with Crippen molar-refractivity contribution in [1.82, 2.24) is 0 Å². The van der Waals surface area contributed by atoms with Crippen LogP contribution in [0.4, 0.5) is 0 Å². The van der Waals surface area contributed by atoms with Crippen molar-refractivity contribution in [2.45, 2.75) is 45.4 Å². The first kappa shape index (κ1) is 11.7. The van der Waals surface area contributed by atoms with E-state index in [0.717, 1.165) is 6.42 Å². The van der Waals surface area contributed by atoms with E-state index in [1.54, 1.807) is 5.56 Å². The van der Waals surface area contributed by atoms with Gasteiger partial charge in [-0.3, -0.25) is 0 Å². The summed E-state index contributed by atoms with van der Waals surface area (Å²) < 4.78 is 0. The van der Waals surface area contributed by atoms with Gasteiger partial charge in [0.05, 0.1) is 0 Å². The molecule has 0 spiro atoms. The molecule has 2 rings (SSSR count). The molecular formula is C15H22O. The molecule has 88 valence electrons. The molecule has 0 radical (unpaired) electrons. The highest BCUT2D eigenvalue weighted by Gasteiger charge is 2.18. The molecule has 1 aliphatic rings. The first-order valence-electron chi connectivity index (χ1n) is 6.45. The van der Waals surface area contributed by atoms with Crippen molar-refractivity contribution in [2.24, 2.45) is 5.92 Å². The van der Waals surface area contributed by atoms with Crippen molar-refractivity contribution in [1.29, 1.82) is 0 Å². The number of aliphatic hydroxyl groups is 1. The molecule has 0 amide bonds. The normalized spacial score (nSPS) is 16.5. The van der Waals surface area contributed by atoms with Crippen LogP contribution in [-0.4, -0.2) is 11.7 Å². The average Bonchev–Trinajstić information content (AvgIpc) is 2.72. The lowest BCUT2D eigenvalue weighted by Gasteiger charge is -2.21. The second kappa shape index (κ2) is 5.01. The molecule has 0 fully saturated rings. The molecule has 1 heteroatoms. The molecule has 0 aromatic heterocycles. The number of benzene rings is 1. The van der Waals surface area contributed by atoms with Crippen LogP contribution in [0.2, 0.25) is 0 Å². The van der Waals surface area contributed by atoms with Crippen LogP contribution in [0, 0.1) is 5.92 Å². The van der Waals surface area contributed by atoms with E-state index in [2.05, 4.69) is 32.0 Å². The Bertz CT molecular complexity index is 354. The molecule has 1 aromatic rings. The van der Waals surface area contributed by atoms with Crippen LogP contribution in [0.1, 0.15) is 49.3 Å². The lowest BCUT2D eigenvalue weighted by atomic mass is 9.85. The molecular weight excluding hydrogens is 196 g/mol. The summed E-state index contributed by atoms with van der Waals surface area (Å²) in [4.78, 5) is 0. The Balaban J connectivity index is 2.24. The van der Waals surface area contributed by atoms with Crippen molar-refractivity contribution in [2.75, 3.05) is 6.61 Å². The van der Waals surface area contributed by atoms with Gasteiger partial charge >= 0.3 is 0 Å². The monoisotopic (exact) mass is 218 g/mol. The van der Waals surface area contributed by atoms with Crippen LogP contribution in [0.5, 0.6) is 0 Å². The SMILES string of the molecule is CC(C)C(CCO)c1ccc2c(c1)CCC2. The van der Waals surface area contributed by atoms with Crippen LogP contribution in [0.25, 0.3) is 0 Å². The first-order chi connectivity index (χ1) is 7.72. The number of hydrogen-bond acceptors (Lipinski definition) is 1. The van der Waals surface area contributed by atoms with Crippen molar-refractivity contribution < 1.29 is 5.11 Å². The van der Waals surface area contributed by atoms with Gasteiger partial charge in [0.2, 0.25) is 0 Å². The predicted molar refractivity (Wildman–Crippen MR) is 67.7 cm³/mol. The molecule has 0 bridgehead atoms. The second-order valence-corrected chi connectivity index (χ2v) is 5.24. The molecule has 1 aliphatic carbocycles. The third-order valence-corrected chi connectivity index (χ3v) is 3.80. The number of aliphatic hydroxyl groups excluding tert-OH is 1. The van der Waals surface area contributed by atoms with Gasteiger partial charge in [0.15, 0.2) is 0 Å². The minimum absolute atomic E-state index is 0.292. The Morgan fingerprint density at radius 3 is 2.62 bits per heavy atom. The van der Waals surface area contributed by atoms with E-state index in [4.69, 9.17) is 5.11 Å². The van der Waals surface area contributed by atoms with Gasteiger partial charge in [-0.05, 0) is 54.2 Å². The maximum Gasteiger partial charge on any atom is 0.0436 e. The molecule has 1 nitrogen and oxygen atoms in total. The van der Waals surface area contributed by atoms with Crippen molar-refractivity contribution in [3.05, 3.63) is 34.9 Å². The largest absolute Gasteiger partial charge is 0.396 e. The zero-order chi connectivity index (χ0) is 11.5. The summed E-state index contributed by atoms with van der Waals surface area (Å²) in [7, 11) is 0. The minimum atomic E-state index is 0.292. The molecule has 1 unspecified atom stereocenters. The molecule has 1 N–H and O–H groups in total. The fourth-order valence-electron chi connectivity index (χ4n) is 2.85. The van der Waals surface area contributed by atoms with E-state index in [1.807, 2.05) is 0 Å². The number of hydrogen-bond donors (Lipinski definition) is 1. The number of aryl methyl sites for hydroxylation is 2. The fraction of sp³-hybridized carbons (Fsp3) is 0.600. The fourth-order valence-corrected chi connectivity index (χ4v) is 2.85. The van der Waals surface area contributed by atoms with E-state index in [9.17, 15) is 0 Å². The van der Waals surface area contributed by atoms with Gasteiger partial charge in [-0.2, -0.15) is 0 Å². The van der Waals surface area contributed by atoms with Crippen molar-refractivity contribution in [3.63, 3.8) is 0 Å². The van der Waals surface area contributed by atoms with Gasteiger partial charge in [0.1, 0.15) is 0 Å². The third-order valence-electron chi connectivity index (χ3n) is 3.80. The molecule has 1 atom stereocenters. The van der Waals surface area contributed by atoms with E-state index < -0.39 is 0 Å². The summed E-state index contributed by atoms with van der Waals surface area (Å²) in [5.41, 5.74) is 4.50. The van der Waals surface area contributed by atoms with Gasteiger partial charge in [-0.1, -0.05) is 32.0 Å². The molecule has 0 saturated heterocycles. The lowest BCUT2D eigenvalue weighted by Crippen LogP contribution is -2.09. The summed E-state index contributed by atoms with van der Waals surface area (Å²) in [6, 6.07) is 6.94. The number of fused-ring (bicyclic) bond motifs is 1. The second-order valence-electron chi connectivity index (χ2n) is 5.24. The maximum absolute atomic E-state index is 9.14. The minimum Gasteiger partial charge on any atom is -0.396 e. The van der Waals surface area contributed by atoms with Gasteiger partial charge in [-0.25, -0.2) is 0 Å². The van der Waals surface area contributed by atoms with Crippen LogP contribution in [0.3, 0.4) is 0 Å². The van der Waals surface area contributed by atoms with Crippen molar-refractivity contribution in [3.8, 4) is 0 Å². The standard InChI is InChI=1S/C15H22O/c1-11(2)15(8-9-16)14-7-6-12-4-3-5-13(12)10-14/h6-7,10-11,15-16H,3-5,8-9H2,1-2H3. The highest BCUT2D eigenvalue weighted by Crippen LogP contribution is 2.31. The number of rotatable bonds is 4. The van der Waals surface area contributed by atoms with Gasteiger partial charge in [0, 0.05) is 6.61 Å². The smallest absolute Gasteiger partial charge is 0.0436 e. The summed E-state index contributed by atoms with van der Waals surface area (Å²) >= 11 is 0. The topological polar surface area (TPSA) is 20.2 Å². The van der Waals surface area contributed by atoms with E-state index in [1.165, 1.54) is 30.4 Å². The van der Waals surface area contributed by atoms with Crippen molar-refractivity contribution >= 4 is 0 Å². The Kier molecular flexibility index (Phi) is 3.65. The van der Waals surface area contributed by atoms with Crippen LogP contribution < -0.4 is 0 Å². The summed E-state index contributed by atoms with van der Waals surface area (Å²) in [6.45, 7) is 4.78. The maximum atomic E-state index is 9.14. The third kappa shape index (κ3) is 2.30. The summed E-state index contributed by atoms with van der Waals surface area (Å²) in [5, 5.41) is 9.14.